The molecule has 1 fully saturated rings. The molecule has 3 nitrogen and oxygen atoms in total. The molecule has 1 saturated heterocycles. The molecule has 1 heterocycles. The van der Waals surface area contributed by atoms with E-state index in [1.165, 1.54) is 0 Å². The highest BCUT2D eigenvalue weighted by Gasteiger charge is 2.52. The lowest BCUT2D eigenvalue weighted by atomic mass is 9.66. The zero-order chi connectivity index (χ0) is 23.6. The van der Waals surface area contributed by atoms with E-state index in [2.05, 4.69) is 26.5 Å². The summed E-state index contributed by atoms with van der Waals surface area (Å²) in [6.07, 6.45) is 2.37. The van der Waals surface area contributed by atoms with E-state index in [-0.39, 0.29) is 29.8 Å². The Balaban J connectivity index is 2.27. The summed E-state index contributed by atoms with van der Waals surface area (Å²) in [5, 5.41) is 12.1. The Hall–Kier alpha value is -1.81. The molecule has 1 unspecified atom stereocenters. The van der Waals surface area contributed by atoms with Crippen molar-refractivity contribution in [3.63, 3.8) is 0 Å². The molecule has 1 N–H and O–H groups in total. The van der Waals surface area contributed by atoms with E-state index in [0.29, 0.717) is 22.9 Å². The minimum absolute atomic E-state index is 0.00229. The molecule has 3 rings (SSSR count). The van der Waals surface area contributed by atoms with Crippen LogP contribution in [0.4, 0.5) is 0 Å². The number of aliphatic hydroxyl groups is 1. The van der Waals surface area contributed by atoms with Crippen LogP contribution in [0.2, 0.25) is 10.0 Å². The van der Waals surface area contributed by atoms with Crippen molar-refractivity contribution in [2.24, 2.45) is 11.3 Å². The predicted octanol–water partition coefficient (Wildman–Crippen LogP) is 7.04. The van der Waals surface area contributed by atoms with Gasteiger partial charge in [-0.25, -0.2) is 0 Å². The third-order valence-electron chi connectivity index (χ3n) is 6.68. The van der Waals surface area contributed by atoms with Gasteiger partial charge in [-0.3, -0.25) is 4.79 Å². The van der Waals surface area contributed by atoms with Gasteiger partial charge in [-0.05, 0) is 61.1 Å². The van der Waals surface area contributed by atoms with Gasteiger partial charge in [0.05, 0.1) is 23.6 Å². The number of amides is 1. The third-order valence-corrected chi connectivity index (χ3v) is 7.17. The lowest BCUT2D eigenvalue weighted by Gasteiger charge is -2.53. The Labute approximate surface area is 202 Å². The Morgan fingerprint density at radius 3 is 2.31 bits per heavy atom. The molecular weight excluding hydrogens is 441 g/mol. The molecule has 1 amide bonds. The molecule has 0 radical (unpaired) electrons. The molecule has 0 bridgehead atoms. The van der Waals surface area contributed by atoms with Gasteiger partial charge < -0.3 is 10.0 Å². The average molecular weight is 474 g/mol. The first kappa shape index (κ1) is 24.8. The van der Waals surface area contributed by atoms with Crippen molar-refractivity contribution in [1.82, 2.24) is 4.90 Å². The quantitative estimate of drug-likeness (QED) is 0.438. The Morgan fingerprint density at radius 2 is 1.78 bits per heavy atom. The number of aliphatic hydroxyl groups excluding tert-OH is 1. The van der Waals surface area contributed by atoms with E-state index in [1.807, 2.05) is 60.4 Å². The Morgan fingerprint density at radius 1 is 1.12 bits per heavy atom. The number of nitrogens with zero attached hydrogens (tertiary/aromatic N) is 1. The Kier molecular flexibility index (Phi) is 7.75. The van der Waals surface area contributed by atoms with Crippen LogP contribution in [0.5, 0.6) is 0 Å². The summed E-state index contributed by atoms with van der Waals surface area (Å²) >= 11 is 12.6. The second-order valence-electron chi connectivity index (χ2n) is 9.60. The largest absolute Gasteiger partial charge is 0.391 e. The molecule has 0 spiro atoms. The molecule has 0 aliphatic carbocycles. The summed E-state index contributed by atoms with van der Waals surface area (Å²) in [6.45, 7) is 11.8. The SMILES string of the molecule is C=CC[C@@]1(C)C[C@H](c2cccc(Cl)c2)[C@@H](c2ccc(Cl)cc2)N([C@@H](C(C)C)C(C)O)C1=O. The molecule has 2 aromatic rings. The molecule has 172 valence electrons. The van der Waals surface area contributed by atoms with Gasteiger partial charge in [-0.1, -0.05) is 74.3 Å². The normalized spacial score (nSPS) is 25.6. The highest BCUT2D eigenvalue weighted by atomic mass is 35.5. The molecule has 5 atom stereocenters. The van der Waals surface area contributed by atoms with Crippen LogP contribution in [0.25, 0.3) is 0 Å². The van der Waals surface area contributed by atoms with Crippen molar-refractivity contribution < 1.29 is 9.90 Å². The standard InChI is InChI=1S/C27H33Cl2NO2/c1-6-14-27(5)16-23(20-8-7-9-22(29)15-20)25(19-10-12-21(28)13-11-19)30(26(27)32)24(17(2)3)18(4)31/h6-13,15,17-18,23-25,31H,1,14,16H2,2-5H3/t18?,23-,24+,25-,27+/m1/s1. The summed E-state index contributed by atoms with van der Waals surface area (Å²) in [6, 6.07) is 15.0. The summed E-state index contributed by atoms with van der Waals surface area (Å²) in [5.74, 6) is 0.118. The summed E-state index contributed by atoms with van der Waals surface area (Å²) in [4.78, 5) is 16.0. The van der Waals surface area contributed by atoms with Crippen LogP contribution < -0.4 is 0 Å². The number of likely N-dealkylation sites (tertiary alicyclic amines) is 1. The maximum atomic E-state index is 14.1. The average Bonchev–Trinajstić information content (AvgIpc) is 2.72. The van der Waals surface area contributed by atoms with Crippen LogP contribution in [0.3, 0.4) is 0 Å². The predicted molar refractivity (Wildman–Crippen MR) is 133 cm³/mol. The fraction of sp³-hybridized carbons (Fsp3) is 0.444. The summed E-state index contributed by atoms with van der Waals surface area (Å²) in [7, 11) is 0. The summed E-state index contributed by atoms with van der Waals surface area (Å²) < 4.78 is 0. The van der Waals surface area contributed by atoms with E-state index in [9.17, 15) is 9.90 Å². The second-order valence-corrected chi connectivity index (χ2v) is 10.5. The second kappa shape index (κ2) is 9.99. The number of carbonyl (C=O) groups excluding carboxylic acids is 1. The summed E-state index contributed by atoms with van der Waals surface area (Å²) in [5.41, 5.74) is 1.46. The maximum Gasteiger partial charge on any atom is 0.229 e. The number of benzene rings is 2. The van der Waals surface area contributed by atoms with Gasteiger partial charge in [-0.15, -0.1) is 6.58 Å². The van der Waals surface area contributed by atoms with Crippen LogP contribution in [0, 0.1) is 11.3 Å². The molecule has 5 heteroatoms. The molecular formula is C27H33Cl2NO2. The molecule has 0 saturated carbocycles. The molecule has 0 aromatic heterocycles. The molecule has 32 heavy (non-hydrogen) atoms. The first-order valence-corrected chi connectivity index (χ1v) is 12.0. The van der Waals surface area contributed by atoms with Crippen molar-refractivity contribution in [3.8, 4) is 0 Å². The fourth-order valence-corrected chi connectivity index (χ4v) is 5.65. The molecule has 2 aromatic carbocycles. The Bertz CT molecular complexity index is 948. The van der Waals surface area contributed by atoms with Gasteiger partial charge in [0.25, 0.3) is 0 Å². The van der Waals surface area contributed by atoms with Crippen molar-refractivity contribution in [2.45, 2.75) is 64.6 Å². The van der Waals surface area contributed by atoms with Crippen molar-refractivity contribution in [3.05, 3.63) is 82.4 Å². The van der Waals surface area contributed by atoms with Gasteiger partial charge in [0, 0.05) is 16.0 Å². The van der Waals surface area contributed by atoms with Crippen LogP contribution in [-0.4, -0.2) is 28.1 Å². The fourth-order valence-electron chi connectivity index (χ4n) is 5.33. The maximum absolute atomic E-state index is 14.1. The van der Waals surface area contributed by atoms with Crippen molar-refractivity contribution in [1.29, 1.82) is 0 Å². The molecule has 1 aliphatic heterocycles. The highest BCUT2D eigenvalue weighted by molar-refractivity contribution is 6.30. The number of hydrogen-bond donors (Lipinski definition) is 1. The minimum Gasteiger partial charge on any atom is -0.391 e. The van der Waals surface area contributed by atoms with Gasteiger partial charge in [0.1, 0.15) is 0 Å². The monoisotopic (exact) mass is 473 g/mol. The minimum atomic E-state index is -0.681. The van der Waals surface area contributed by atoms with Crippen LogP contribution in [0.1, 0.15) is 63.6 Å². The van der Waals surface area contributed by atoms with Crippen molar-refractivity contribution >= 4 is 29.1 Å². The number of halogens is 2. The van der Waals surface area contributed by atoms with Crippen LogP contribution in [0.15, 0.2) is 61.2 Å². The van der Waals surface area contributed by atoms with E-state index in [1.54, 1.807) is 6.92 Å². The third kappa shape index (κ3) is 4.90. The van der Waals surface area contributed by atoms with E-state index in [0.717, 1.165) is 11.1 Å². The molecule has 1 aliphatic rings. The van der Waals surface area contributed by atoms with Crippen LogP contribution in [-0.2, 0) is 4.79 Å². The van der Waals surface area contributed by atoms with Gasteiger partial charge in [-0.2, -0.15) is 0 Å². The van der Waals surface area contributed by atoms with E-state index >= 15 is 0 Å². The topological polar surface area (TPSA) is 40.5 Å². The lowest BCUT2D eigenvalue weighted by molar-refractivity contribution is -0.160. The lowest BCUT2D eigenvalue weighted by Crippen LogP contribution is -2.59. The number of hydrogen-bond acceptors (Lipinski definition) is 2. The number of carbonyl (C=O) groups is 1. The highest BCUT2D eigenvalue weighted by Crippen LogP contribution is 2.52. The van der Waals surface area contributed by atoms with Gasteiger partial charge >= 0.3 is 0 Å². The van der Waals surface area contributed by atoms with E-state index < -0.39 is 11.5 Å². The van der Waals surface area contributed by atoms with Gasteiger partial charge in [0.2, 0.25) is 5.91 Å². The zero-order valence-electron chi connectivity index (χ0n) is 19.3. The number of allylic oxidation sites excluding steroid dienone is 1. The van der Waals surface area contributed by atoms with Crippen molar-refractivity contribution in [2.75, 3.05) is 0 Å². The first-order chi connectivity index (χ1) is 15.1. The number of piperidine rings is 1. The smallest absolute Gasteiger partial charge is 0.229 e. The first-order valence-electron chi connectivity index (χ1n) is 11.2. The van der Waals surface area contributed by atoms with Gasteiger partial charge in [0.15, 0.2) is 0 Å². The van der Waals surface area contributed by atoms with Crippen LogP contribution >= 0.6 is 23.2 Å². The zero-order valence-corrected chi connectivity index (χ0v) is 20.8. The van der Waals surface area contributed by atoms with E-state index in [4.69, 9.17) is 23.2 Å². The number of rotatable bonds is 7.